The van der Waals surface area contributed by atoms with Crippen LogP contribution in [0.5, 0.6) is 0 Å². The lowest BCUT2D eigenvalue weighted by Gasteiger charge is -2.40. The van der Waals surface area contributed by atoms with E-state index in [1.54, 1.807) is 0 Å². The lowest BCUT2D eigenvalue weighted by molar-refractivity contribution is -0.0262. The van der Waals surface area contributed by atoms with Crippen LogP contribution in [0.2, 0.25) is 0 Å². The van der Waals surface area contributed by atoms with Crippen molar-refractivity contribution in [1.29, 1.82) is 0 Å². The van der Waals surface area contributed by atoms with Gasteiger partial charge < -0.3 is 5.11 Å². The Hall–Kier alpha value is -0.960. The van der Waals surface area contributed by atoms with E-state index < -0.39 is 17.2 Å². The third kappa shape index (κ3) is 2.89. The average Bonchev–Trinajstić information content (AvgIpc) is 2.29. The maximum Gasteiger partial charge on any atom is 0.129 e. The van der Waals surface area contributed by atoms with Gasteiger partial charge in [-0.1, -0.05) is 19.9 Å². The van der Waals surface area contributed by atoms with Gasteiger partial charge in [-0.25, -0.2) is 8.78 Å². The van der Waals surface area contributed by atoms with Crippen LogP contribution in [0.3, 0.4) is 0 Å². The molecule has 1 aliphatic rings. The molecule has 18 heavy (non-hydrogen) atoms. The van der Waals surface area contributed by atoms with Crippen LogP contribution in [0, 0.1) is 17.0 Å². The molecule has 100 valence electrons. The van der Waals surface area contributed by atoms with E-state index >= 15 is 0 Å². The van der Waals surface area contributed by atoms with E-state index in [0.717, 1.165) is 12.8 Å². The second-order valence-electron chi connectivity index (χ2n) is 6.27. The predicted octanol–water partition coefficient (Wildman–Crippen LogP) is 3.84. The first kappa shape index (κ1) is 13.5. The van der Waals surface area contributed by atoms with E-state index in [1.165, 1.54) is 18.2 Å². The summed E-state index contributed by atoms with van der Waals surface area (Å²) in [7, 11) is 0. The Bertz CT molecular complexity index is 410. The molecule has 1 aromatic rings. The van der Waals surface area contributed by atoms with Crippen molar-refractivity contribution < 1.29 is 13.9 Å². The number of halogens is 2. The Balaban J connectivity index is 2.14. The minimum atomic E-state index is -0.960. The van der Waals surface area contributed by atoms with Crippen LogP contribution in [0.25, 0.3) is 0 Å². The SMILES string of the molecule is CC1(C)CCC(O)(Cc2c(F)cccc2F)CC1. The molecule has 0 atom stereocenters. The van der Waals surface area contributed by atoms with Crippen molar-refractivity contribution in [2.24, 2.45) is 5.41 Å². The van der Waals surface area contributed by atoms with Crippen molar-refractivity contribution in [2.45, 2.75) is 51.6 Å². The van der Waals surface area contributed by atoms with Gasteiger partial charge in [0, 0.05) is 12.0 Å². The van der Waals surface area contributed by atoms with Gasteiger partial charge in [-0.05, 0) is 43.2 Å². The summed E-state index contributed by atoms with van der Waals surface area (Å²) in [5.74, 6) is -1.12. The molecule has 0 amide bonds. The normalized spacial score (nSPS) is 21.8. The van der Waals surface area contributed by atoms with E-state index in [9.17, 15) is 13.9 Å². The summed E-state index contributed by atoms with van der Waals surface area (Å²) in [5.41, 5.74) is -0.724. The Kier molecular flexibility index (Phi) is 3.45. The van der Waals surface area contributed by atoms with Crippen molar-refractivity contribution in [3.63, 3.8) is 0 Å². The Morgan fingerprint density at radius 2 is 1.56 bits per heavy atom. The Labute approximate surface area is 107 Å². The fourth-order valence-electron chi connectivity index (χ4n) is 2.60. The highest BCUT2D eigenvalue weighted by atomic mass is 19.1. The second-order valence-corrected chi connectivity index (χ2v) is 6.27. The van der Waals surface area contributed by atoms with Gasteiger partial charge in [0.1, 0.15) is 11.6 Å². The lowest BCUT2D eigenvalue weighted by atomic mass is 9.69. The third-order valence-electron chi connectivity index (χ3n) is 4.10. The molecular formula is C15H20F2O. The molecule has 0 bridgehead atoms. The van der Waals surface area contributed by atoms with Gasteiger partial charge in [0.15, 0.2) is 0 Å². The van der Waals surface area contributed by atoms with Gasteiger partial charge >= 0.3 is 0 Å². The van der Waals surface area contributed by atoms with E-state index in [4.69, 9.17) is 0 Å². The Morgan fingerprint density at radius 1 is 1.06 bits per heavy atom. The molecule has 0 unspecified atom stereocenters. The molecule has 1 aliphatic carbocycles. The van der Waals surface area contributed by atoms with Crippen LogP contribution in [-0.2, 0) is 6.42 Å². The minimum absolute atomic E-state index is 0.0136. The molecule has 2 rings (SSSR count). The van der Waals surface area contributed by atoms with Gasteiger partial charge in [-0.3, -0.25) is 0 Å². The zero-order chi connectivity index (χ0) is 13.4. The summed E-state index contributed by atoms with van der Waals surface area (Å²) in [6, 6.07) is 3.84. The lowest BCUT2D eigenvalue weighted by Crippen LogP contribution is -2.39. The van der Waals surface area contributed by atoms with Crippen LogP contribution in [-0.4, -0.2) is 10.7 Å². The van der Waals surface area contributed by atoms with Gasteiger partial charge in [0.05, 0.1) is 5.60 Å². The number of rotatable bonds is 2. The van der Waals surface area contributed by atoms with Crippen molar-refractivity contribution >= 4 is 0 Å². The fourth-order valence-corrected chi connectivity index (χ4v) is 2.60. The minimum Gasteiger partial charge on any atom is -0.390 e. The average molecular weight is 254 g/mol. The first-order valence-electron chi connectivity index (χ1n) is 6.47. The molecule has 0 aromatic heterocycles. The third-order valence-corrected chi connectivity index (χ3v) is 4.10. The largest absolute Gasteiger partial charge is 0.390 e. The second kappa shape index (κ2) is 4.61. The first-order valence-corrected chi connectivity index (χ1v) is 6.47. The molecule has 0 radical (unpaired) electrons. The molecule has 0 aliphatic heterocycles. The quantitative estimate of drug-likeness (QED) is 0.850. The summed E-state index contributed by atoms with van der Waals surface area (Å²) in [6.45, 7) is 4.33. The molecule has 1 fully saturated rings. The van der Waals surface area contributed by atoms with Crippen LogP contribution < -0.4 is 0 Å². The number of benzene rings is 1. The molecule has 0 heterocycles. The van der Waals surface area contributed by atoms with E-state index in [-0.39, 0.29) is 17.4 Å². The highest BCUT2D eigenvalue weighted by molar-refractivity contribution is 5.22. The Morgan fingerprint density at radius 3 is 2.06 bits per heavy atom. The maximum absolute atomic E-state index is 13.6. The summed E-state index contributed by atoms with van der Waals surface area (Å²) >= 11 is 0. The van der Waals surface area contributed by atoms with Crippen molar-refractivity contribution in [2.75, 3.05) is 0 Å². The van der Waals surface area contributed by atoms with Crippen LogP contribution >= 0.6 is 0 Å². The van der Waals surface area contributed by atoms with Gasteiger partial charge in [0.25, 0.3) is 0 Å². The van der Waals surface area contributed by atoms with Gasteiger partial charge in [0.2, 0.25) is 0 Å². The van der Waals surface area contributed by atoms with Crippen LogP contribution in [0.15, 0.2) is 18.2 Å². The summed E-state index contributed by atoms with van der Waals surface area (Å²) in [5, 5.41) is 10.5. The molecule has 1 saturated carbocycles. The topological polar surface area (TPSA) is 20.2 Å². The van der Waals surface area contributed by atoms with Crippen molar-refractivity contribution in [3.8, 4) is 0 Å². The van der Waals surface area contributed by atoms with Crippen LogP contribution in [0.1, 0.15) is 45.1 Å². The molecule has 3 heteroatoms. The monoisotopic (exact) mass is 254 g/mol. The number of hydrogen-bond acceptors (Lipinski definition) is 1. The van der Waals surface area contributed by atoms with E-state index in [2.05, 4.69) is 13.8 Å². The first-order chi connectivity index (χ1) is 8.31. The molecule has 1 N–H and O–H groups in total. The summed E-state index contributed by atoms with van der Waals surface area (Å²) < 4.78 is 27.2. The van der Waals surface area contributed by atoms with Gasteiger partial charge in [-0.2, -0.15) is 0 Å². The number of hydrogen-bond donors (Lipinski definition) is 1. The summed E-state index contributed by atoms with van der Waals surface area (Å²) in [6.07, 6.45) is 3.06. The smallest absolute Gasteiger partial charge is 0.129 e. The molecule has 0 spiro atoms. The van der Waals surface area contributed by atoms with Crippen LogP contribution in [0.4, 0.5) is 8.78 Å². The fraction of sp³-hybridized carbons (Fsp3) is 0.600. The predicted molar refractivity (Wildman–Crippen MR) is 67.3 cm³/mol. The van der Waals surface area contributed by atoms with E-state index in [1.807, 2.05) is 0 Å². The molecule has 1 aromatic carbocycles. The summed E-state index contributed by atoms with van der Waals surface area (Å²) in [4.78, 5) is 0. The zero-order valence-corrected chi connectivity index (χ0v) is 11.0. The standard InChI is InChI=1S/C15H20F2O/c1-14(2)6-8-15(18,9-7-14)10-11-12(16)4-3-5-13(11)17/h3-5,18H,6-10H2,1-2H3. The van der Waals surface area contributed by atoms with E-state index in [0.29, 0.717) is 12.8 Å². The zero-order valence-electron chi connectivity index (χ0n) is 11.0. The highest BCUT2D eigenvalue weighted by Gasteiger charge is 2.37. The molecular weight excluding hydrogens is 234 g/mol. The number of aliphatic hydroxyl groups is 1. The molecule has 1 nitrogen and oxygen atoms in total. The molecule has 0 saturated heterocycles. The van der Waals surface area contributed by atoms with Crippen molar-refractivity contribution in [3.05, 3.63) is 35.4 Å². The van der Waals surface area contributed by atoms with Gasteiger partial charge in [-0.15, -0.1) is 0 Å². The van der Waals surface area contributed by atoms with Crippen molar-refractivity contribution in [1.82, 2.24) is 0 Å². The maximum atomic E-state index is 13.6. The highest BCUT2D eigenvalue weighted by Crippen LogP contribution is 2.41.